The molecule has 6 nitrogen and oxygen atoms in total. The number of halogens is 1. The van der Waals surface area contributed by atoms with E-state index >= 15 is 0 Å². The van der Waals surface area contributed by atoms with E-state index in [1.54, 1.807) is 13.2 Å². The van der Waals surface area contributed by atoms with Gasteiger partial charge < -0.3 is 14.6 Å². The standard InChI is InChI=1S/C22H25ClN4O2S/c1-15-13-17(23)9-12-19(15)24-21(28)14-30-22-26-25-20(27(22)2)6-4-5-16-7-10-18(29-3)11-8-16/h7-13H,4-6,14H2,1-3H3,(H,24,28). The first-order chi connectivity index (χ1) is 14.5. The summed E-state index contributed by atoms with van der Waals surface area (Å²) >= 11 is 7.33. The Morgan fingerprint density at radius 3 is 2.63 bits per heavy atom. The number of amides is 1. The maximum absolute atomic E-state index is 12.3. The molecule has 0 aliphatic rings. The van der Waals surface area contributed by atoms with Gasteiger partial charge in [-0.2, -0.15) is 0 Å². The highest BCUT2D eigenvalue weighted by Gasteiger charge is 2.12. The van der Waals surface area contributed by atoms with Gasteiger partial charge in [-0.3, -0.25) is 4.79 Å². The van der Waals surface area contributed by atoms with Gasteiger partial charge in [0, 0.05) is 24.2 Å². The zero-order chi connectivity index (χ0) is 21.5. The summed E-state index contributed by atoms with van der Waals surface area (Å²) in [7, 11) is 3.60. The van der Waals surface area contributed by atoms with Crippen LogP contribution in [0, 0.1) is 6.92 Å². The number of methoxy groups -OCH3 is 1. The Bertz CT molecular complexity index is 1000. The van der Waals surface area contributed by atoms with Crippen LogP contribution in [0.25, 0.3) is 0 Å². The van der Waals surface area contributed by atoms with Crippen LogP contribution >= 0.6 is 23.4 Å². The number of nitrogens with zero attached hydrogens (tertiary/aromatic N) is 3. The molecule has 0 saturated heterocycles. The zero-order valence-corrected chi connectivity index (χ0v) is 18.9. The fraction of sp³-hybridized carbons (Fsp3) is 0.318. The number of rotatable bonds is 9. The quantitative estimate of drug-likeness (QED) is 0.485. The summed E-state index contributed by atoms with van der Waals surface area (Å²) in [6.07, 6.45) is 2.76. The second-order valence-electron chi connectivity index (χ2n) is 6.96. The monoisotopic (exact) mass is 444 g/mol. The molecule has 158 valence electrons. The number of carbonyl (C=O) groups is 1. The lowest BCUT2D eigenvalue weighted by Crippen LogP contribution is -2.15. The predicted molar refractivity (Wildman–Crippen MR) is 122 cm³/mol. The Labute approximate surface area is 186 Å². The third-order valence-corrected chi connectivity index (χ3v) is 6.00. The second-order valence-corrected chi connectivity index (χ2v) is 8.33. The van der Waals surface area contributed by atoms with Crippen molar-refractivity contribution in [2.24, 2.45) is 7.05 Å². The van der Waals surface area contributed by atoms with E-state index in [1.807, 2.05) is 42.8 Å². The predicted octanol–water partition coefficient (Wildman–Crippen LogP) is 4.69. The number of nitrogens with one attached hydrogen (secondary N) is 1. The number of anilines is 1. The van der Waals surface area contributed by atoms with Crippen molar-refractivity contribution >= 4 is 35.0 Å². The van der Waals surface area contributed by atoms with Crippen molar-refractivity contribution in [3.8, 4) is 5.75 Å². The first kappa shape index (κ1) is 22.2. The summed E-state index contributed by atoms with van der Waals surface area (Å²) in [6.45, 7) is 1.91. The highest BCUT2D eigenvalue weighted by atomic mass is 35.5. The molecule has 0 unspecified atom stereocenters. The van der Waals surface area contributed by atoms with E-state index in [2.05, 4.69) is 27.6 Å². The van der Waals surface area contributed by atoms with Gasteiger partial charge in [-0.1, -0.05) is 35.5 Å². The van der Waals surface area contributed by atoms with Gasteiger partial charge in [-0.15, -0.1) is 10.2 Å². The van der Waals surface area contributed by atoms with Gasteiger partial charge in [-0.05, 0) is 61.2 Å². The summed E-state index contributed by atoms with van der Waals surface area (Å²) in [5, 5.41) is 12.8. The topological polar surface area (TPSA) is 69.0 Å². The summed E-state index contributed by atoms with van der Waals surface area (Å²) in [6, 6.07) is 13.5. The van der Waals surface area contributed by atoms with Gasteiger partial charge in [0.15, 0.2) is 5.16 Å². The maximum atomic E-state index is 12.3. The van der Waals surface area contributed by atoms with Crippen molar-refractivity contribution < 1.29 is 9.53 Å². The summed E-state index contributed by atoms with van der Waals surface area (Å²) in [4.78, 5) is 12.3. The Morgan fingerprint density at radius 2 is 1.93 bits per heavy atom. The number of hydrogen-bond acceptors (Lipinski definition) is 5. The fourth-order valence-corrected chi connectivity index (χ4v) is 3.97. The molecule has 0 aliphatic carbocycles. The van der Waals surface area contributed by atoms with Crippen molar-refractivity contribution in [1.82, 2.24) is 14.8 Å². The molecule has 0 fully saturated rings. The van der Waals surface area contributed by atoms with Crippen LogP contribution in [0.5, 0.6) is 5.75 Å². The van der Waals surface area contributed by atoms with E-state index in [4.69, 9.17) is 16.3 Å². The molecule has 1 heterocycles. The van der Waals surface area contributed by atoms with Crippen LogP contribution in [0.4, 0.5) is 5.69 Å². The summed E-state index contributed by atoms with van der Waals surface area (Å²) < 4.78 is 7.15. The van der Waals surface area contributed by atoms with Crippen LogP contribution in [0.1, 0.15) is 23.4 Å². The van der Waals surface area contributed by atoms with Crippen LogP contribution in [0.2, 0.25) is 5.02 Å². The average molecular weight is 445 g/mol. The minimum absolute atomic E-state index is 0.0884. The molecule has 0 atom stereocenters. The van der Waals surface area contributed by atoms with E-state index in [-0.39, 0.29) is 11.7 Å². The van der Waals surface area contributed by atoms with Crippen LogP contribution in [-0.4, -0.2) is 33.5 Å². The molecular weight excluding hydrogens is 420 g/mol. The zero-order valence-electron chi connectivity index (χ0n) is 17.3. The molecule has 0 radical (unpaired) electrons. The van der Waals surface area contributed by atoms with Crippen LogP contribution in [0.15, 0.2) is 47.6 Å². The van der Waals surface area contributed by atoms with E-state index in [0.717, 1.165) is 47.2 Å². The average Bonchev–Trinajstić information content (AvgIpc) is 3.09. The smallest absolute Gasteiger partial charge is 0.234 e. The number of aromatic nitrogens is 3. The minimum atomic E-state index is -0.0884. The molecule has 1 N–H and O–H groups in total. The molecule has 0 saturated carbocycles. The van der Waals surface area contributed by atoms with Crippen molar-refractivity contribution in [1.29, 1.82) is 0 Å². The van der Waals surface area contributed by atoms with Crippen molar-refractivity contribution in [3.05, 3.63) is 64.4 Å². The molecule has 1 amide bonds. The number of carbonyl (C=O) groups excluding carboxylic acids is 1. The number of ether oxygens (including phenoxy) is 1. The van der Waals surface area contributed by atoms with Gasteiger partial charge in [0.1, 0.15) is 11.6 Å². The van der Waals surface area contributed by atoms with Gasteiger partial charge >= 0.3 is 0 Å². The summed E-state index contributed by atoms with van der Waals surface area (Å²) in [5.74, 6) is 1.96. The normalized spacial score (nSPS) is 10.8. The van der Waals surface area contributed by atoms with Crippen LogP contribution < -0.4 is 10.1 Å². The molecule has 0 bridgehead atoms. The maximum Gasteiger partial charge on any atom is 0.234 e. The molecule has 0 aliphatic heterocycles. The fourth-order valence-electron chi connectivity index (χ4n) is 3.02. The summed E-state index contributed by atoms with van der Waals surface area (Å²) in [5.41, 5.74) is 2.96. The first-order valence-corrected chi connectivity index (χ1v) is 11.0. The highest BCUT2D eigenvalue weighted by Crippen LogP contribution is 2.21. The van der Waals surface area contributed by atoms with Crippen molar-refractivity contribution in [2.75, 3.05) is 18.2 Å². The Balaban J connectivity index is 1.47. The van der Waals surface area contributed by atoms with Crippen LogP contribution in [-0.2, 0) is 24.7 Å². The number of hydrogen-bond donors (Lipinski definition) is 1. The molecule has 3 rings (SSSR count). The molecule has 30 heavy (non-hydrogen) atoms. The van der Waals surface area contributed by atoms with E-state index in [1.165, 1.54) is 17.3 Å². The number of thioether (sulfide) groups is 1. The van der Waals surface area contributed by atoms with E-state index in [0.29, 0.717) is 5.02 Å². The van der Waals surface area contributed by atoms with Gasteiger partial charge in [0.2, 0.25) is 5.91 Å². The Kier molecular flexibility index (Phi) is 7.76. The molecule has 3 aromatic rings. The lowest BCUT2D eigenvalue weighted by atomic mass is 10.1. The van der Waals surface area contributed by atoms with E-state index in [9.17, 15) is 4.79 Å². The second kappa shape index (κ2) is 10.5. The van der Waals surface area contributed by atoms with Crippen molar-refractivity contribution in [3.63, 3.8) is 0 Å². The third kappa shape index (κ3) is 6.00. The third-order valence-electron chi connectivity index (χ3n) is 4.74. The van der Waals surface area contributed by atoms with Crippen LogP contribution in [0.3, 0.4) is 0 Å². The molecule has 2 aromatic carbocycles. The highest BCUT2D eigenvalue weighted by molar-refractivity contribution is 7.99. The van der Waals surface area contributed by atoms with Crippen molar-refractivity contribution in [2.45, 2.75) is 31.3 Å². The molecule has 0 spiro atoms. The molecule has 1 aromatic heterocycles. The molecular formula is C22H25ClN4O2S. The van der Waals surface area contributed by atoms with Gasteiger partial charge in [0.25, 0.3) is 0 Å². The largest absolute Gasteiger partial charge is 0.497 e. The SMILES string of the molecule is COc1ccc(CCCc2nnc(SCC(=O)Nc3ccc(Cl)cc3C)n2C)cc1. The first-order valence-electron chi connectivity index (χ1n) is 9.66. The van der Waals surface area contributed by atoms with E-state index < -0.39 is 0 Å². The number of benzene rings is 2. The number of aryl methyl sites for hydroxylation is 3. The Morgan fingerprint density at radius 1 is 1.17 bits per heavy atom. The lowest BCUT2D eigenvalue weighted by Gasteiger charge is -2.08. The van der Waals surface area contributed by atoms with Gasteiger partial charge in [-0.25, -0.2) is 0 Å². The Hall–Kier alpha value is -2.51. The molecule has 8 heteroatoms. The lowest BCUT2D eigenvalue weighted by molar-refractivity contribution is -0.113. The van der Waals surface area contributed by atoms with Gasteiger partial charge in [0.05, 0.1) is 12.9 Å². The minimum Gasteiger partial charge on any atom is -0.497 e.